The molecule has 1 N–H and O–H groups in total. The van der Waals surface area contributed by atoms with Crippen molar-refractivity contribution in [2.75, 3.05) is 5.32 Å². The standard InChI is InChI=1S/C32H29FN2O3S2/c33-23-10-12-24(13-11-23)34-26(36)17-35-31-30(40-32(35)37)27(28-21-6-7-22(16-21)29(28)39-31)20-8-14-25(15-9-20)38-18-19-4-2-1-3-5-19/h1-5,8-15,21-22,27-29H,6-7,16-18H2,(H,34,36). The molecule has 5 unspecified atom stereocenters. The van der Waals surface area contributed by atoms with Crippen LogP contribution in [0.4, 0.5) is 10.1 Å². The second kappa shape index (κ2) is 10.6. The van der Waals surface area contributed by atoms with E-state index in [1.165, 1.54) is 60.4 Å². The van der Waals surface area contributed by atoms with Gasteiger partial charge in [-0.2, -0.15) is 0 Å². The van der Waals surface area contributed by atoms with Crippen LogP contribution < -0.4 is 14.9 Å². The van der Waals surface area contributed by atoms with Gasteiger partial charge in [0.15, 0.2) is 0 Å². The first-order chi connectivity index (χ1) is 19.5. The van der Waals surface area contributed by atoms with Crippen molar-refractivity contribution in [3.8, 4) is 5.75 Å². The zero-order chi connectivity index (χ0) is 27.2. The normalized spacial score (nSPS) is 24.4. The van der Waals surface area contributed by atoms with E-state index in [2.05, 4.69) is 29.6 Å². The molecule has 3 aromatic carbocycles. The van der Waals surface area contributed by atoms with E-state index in [-0.39, 0.29) is 29.1 Å². The van der Waals surface area contributed by atoms with Gasteiger partial charge in [-0.15, -0.1) is 11.8 Å². The number of nitrogens with one attached hydrogen (secondary N) is 1. The maximum atomic E-state index is 13.3. The highest BCUT2D eigenvalue weighted by atomic mass is 32.2. The van der Waals surface area contributed by atoms with Gasteiger partial charge in [0.05, 0.1) is 5.03 Å². The minimum Gasteiger partial charge on any atom is -0.489 e. The van der Waals surface area contributed by atoms with Crippen LogP contribution in [0.5, 0.6) is 5.75 Å². The summed E-state index contributed by atoms with van der Waals surface area (Å²) < 4.78 is 21.0. The number of anilines is 1. The number of aromatic nitrogens is 1. The SMILES string of the molecule is O=C(Cn1c2c(sc1=O)C(c1ccc(OCc3ccccc3)cc1)C1C3CCC(C3)C1S2)Nc1ccc(F)cc1. The number of hydrogen-bond donors (Lipinski definition) is 1. The Morgan fingerprint density at radius 2 is 1.73 bits per heavy atom. The molecule has 5 atom stereocenters. The Labute approximate surface area is 240 Å². The Morgan fingerprint density at radius 1 is 0.975 bits per heavy atom. The van der Waals surface area contributed by atoms with Crippen LogP contribution in [0.1, 0.15) is 41.2 Å². The minimum atomic E-state index is -0.361. The average Bonchev–Trinajstić information content (AvgIpc) is 3.67. The molecule has 40 heavy (non-hydrogen) atoms. The third-order valence-electron chi connectivity index (χ3n) is 8.61. The zero-order valence-corrected chi connectivity index (χ0v) is 23.4. The van der Waals surface area contributed by atoms with Crippen LogP contribution >= 0.6 is 23.1 Å². The Balaban J connectivity index is 1.17. The van der Waals surface area contributed by atoms with Crippen molar-refractivity contribution >= 4 is 34.7 Å². The van der Waals surface area contributed by atoms with E-state index in [0.717, 1.165) is 21.2 Å². The first kappa shape index (κ1) is 25.6. The number of thioether (sulfide) groups is 1. The van der Waals surface area contributed by atoms with Crippen molar-refractivity contribution in [3.05, 3.63) is 110 Å². The fourth-order valence-corrected chi connectivity index (χ4v) is 10.0. The number of thiazole rings is 1. The molecule has 2 aliphatic carbocycles. The van der Waals surface area contributed by atoms with Crippen LogP contribution in [0.3, 0.4) is 0 Å². The molecule has 8 heteroatoms. The number of benzene rings is 3. The monoisotopic (exact) mass is 572 g/mol. The molecule has 0 radical (unpaired) electrons. The maximum absolute atomic E-state index is 13.3. The molecule has 4 aromatic rings. The highest BCUT2D eigenvalue weighted by Gasteiger charge is 2.55. The van der Waals surface area contributed by atoms with Gasteiger partial charge >= 0.3 is 4.87 Å². The van der Waals surface area contributed by atoms with Crippen LogP contribution in [-0.4, -0.2) is 15.7 Å². The summed E-state index contributed by atoms with van der Waals surface area (Å²) in [7, 11) is 0. The first-order valence-corrected chi connectivity index (χ1v) is 15.5. The molecular weight excluding hydrogens is 543 g/mol. The molecule has 1 amide bonds. The fraction of sp³-hybridized carbons (Fsp3) is 0.312. The van der Waals surface area contributed by atoms with E-state index < -0.39 is 0 Å². The molecule has 2 heterocycles. The number of amides is 1. The zero-order valence-electron chi connectivity index (χ0n) is 21.8. The summed E-state index contributed by atoms with van der Waals surface area (Å²) in [4.78, 5) is 27.2. The Morgan fingerprint density at radius 3 is 2.50 bits per heavy atom. The molecule has 3 aliphatic rings. The van der Waals surface area contributed by atoms with Gasteiger partial charge in [0.25, 0.3) is 0 Å². The third kappa shape index (κ3) is 4.77. The van der Waals surface area contributed by atoms with Gasteiger partial charge in [-0.25, -0.2) is 4.39 Å². The van der Waals surface area contributed by atoms with E-state index in [1.54, 1.807) is 4.57 Å². The maximum Gasteiger partial charge on any atom is 0.308 e. The quantitative estimate of drug-likeness (QED) is 0.261. The molecule has 1 aliphatic heterocycles. The van der Waals surface area contributed by atoms with Crippen molar-refractivity contribution in [2.45, 2.75) is 48.6 Å². The van der Waals surface area contributed by atoms with Gasteiger partial charge in [0.2, 0.25) is 5.91 Å². The summed E-state index contributed by atoms with van der Waals surface area (Å²) in [5.74, 6) is 2.13. The highest BCUT2D eigenvalue weighted by molar-refractivity contribution is 8.00. The lowest BCUT2D eigenvalue weighted by Crippen LogP contribution is -2.34. The van der Waals surface area contributed by atoms with Gasteiger partial charge in [0, 0.05) is 21.7 Å². The average molecular weight is 573 g/mol. The molecule has 2 bridgehead atoms. The summed E-state index contributed by atoms with van der Waals surface area (Å²) in [6.07, 6.45) is 3.75. The van der Waals surface area contributed by atoms with Gasteiger partial charge in [-0.05, 0) is 84.5 Å². The van der Waals surface area contributed by atoms with E-state index in [1.807, 2.05) is 42.1 Å². The van der Waals surface area contributed by atoms with Crippen molar-refractivity contribution in [2.24, 2.45) is 17.8 Å². The van der Waals surface area contributed by atoms with Crippen LogP contribution in [0.15, 0.2) is 88.7 Å². The predicted octanol–water partition coefficient (Wildman–Crippen LogP) is 6.92. The number of rotatable bonds is 7. The van der Waals surface area contributed by atoms with Gasteiger partial charge < -0.3 is 10.1 Å². The Hall–Kier alpha value is -3.36. The number of nitrogens with zero attached hydrogens (tertiary/aromatic N) is 1. The lowest BCUT2D eigenvalue weighted by atomic mass is 9.75. The number of fused-ring (bicyclic) bond motifs is 6. The third-order valence-corrected chi connectivity index (χ3v) is 11.4. The van der Waals surface area contributed by atoms with Crippen molar-refractivity contribution < 1.29 is 13.9 Å². The van der Waals surface area contributed by atoms with Crippen LogP contribution in [0.25, 0.3) is 0 Å². The van der Waals surface area contributed by atoms with E-state index in [9.17, 15) is 14.0 Å². The van der Waals surface area contributed by atoms with Gasteiger partial charge in [0.1, 0.15) is 24.7 Å². The summed E-state index contributed by atoms with van der Waals surface area (Å²) in [6.45, 7) is 0.461. The van der Waals surface area contributed by atoms with Crippen LogP contribution in [0.2, 0.25) is 0 Å². The number of ether oxygens (including phenoxy) is 1. The van der Waals surface area contributed by atoms with E-state index >= 15 is 0 Å². The molecule has 204 valence electrons. The smallest absolute Gasteiger partial charge is 0.308 e. The number of carbonyl (C=O) groups is 1. The number of carbonyl (C=O) groups excluding carboxylic acids is 1. The number of hydrogen-bond acceptors (Lipinski definition) is 5. The minimum absolute atomic E-state index is 0.0560. The predicted molar refractivity (Wildman–Crippen MR) is 157 cm³/mol. The molecule has 1 aromatic heterocycles. The molecule has 2 saturated carbocycles. The second-order valence-corrected chi connectivity index (χ2v) is 13.2. The first-order valence-electron chi connectivity index (χ1n) is 13.8. The molecule has 0 spiro atoms. The van der Waals surface area contributed by atoms with Crippen molar-refractivity contribution in [1.29, 1.82) is 0 Å². The van der Waals surface area contributed by atoms with Gasteiger partial charge in [-0.1, -0.05) is 53.8 Å². The molecule has 0 saturated heterocycles. The van der Waals surface area contributed by atoms with Gasteiger partial charge in [-0.3, -0.25) is 14.2 Å². The summed E-state index contributed by atoms with van der Waals surface area (Å²) in [6, 6.07) is 24.2. The summed E-state index contributed by atoms with van der Waals surface area (Å²) in [5, 5.41) is 4.19. The Bertz CT molecular complexity index is 1580. The highest BCUT2D eigenvalue weighted by Crippen LogP contribution is 2.64. The molecule has 5 nitrogen and oxygen atoms in total. The van der Waals surface area contributed by atoms with Crippen LogP contribution in [0, 0.1) is 23.6 Å². The molecule has 7 rings (SSSR count). The topological polar surface area (TPSA) is 60.3 Å². The number of halogens is 1. The summed E-state index contributed by atoms with van der Waals surface area (Å²) >= 11 is 3.10. The fourth-order valence-electron chi connectivity index (χ4n) is 6.85. The van der Waals surface area contributed by atoms with E-state index in [4.69, 9.17) is 4.74 Å². The second-order valence-electron chi connectivity index (χ2n) is 11.0. The van der Waals surface area contributed by atoms with Crippen LogP contribution in [-0.2, 0) is 17.9 Å². The van der Waals surface area contributed by atoms with E-state index in [0.29, 0.717) is 35.3 Å². The van der Waals surface area contributed by atoms with Crippen molar-refractivity contribution in [1.82, 2.24) is 4.57 Å². The summed E-state index contributed by atoms with van der Waals surface area (Å²) in [5.41, 5.74) is 2.84. The molecular formula is C32H29FN2O3S2. The largest absolute Gasteiger partial charge is 0.489 e. The van der Waals surface area contributed by atoms with Crippen molar-refractivity contribution in [3.63, 3.8) is 0 Å². The lowest BCUT2D eigenvalue weighted by Gasteiger charge is -2.40. The Kier molecular flexibility index (Phi) is 6.76. The molecule has 2 fully saturated rings. The lowest BCUT2D eigenvalue weighted by molar-refractivity contribution is -0.116.